The van der Waals surface area contributed by atoms with Crippen molar-refractivity contribution in [2.75, 3.05) is 29.9 Å². The number of hydrogen-bond donors (Lipinski definition) is 2. The molecule has 13 heteroatoms. The highest BCUT2D eigenvalue weighted by Gasteiger charge is 2.45. The van der Waals surface area contributed by atoms with Crippen molar-refractivity contribution in [1.29, 1.82) is 5.26 Å². The summed E-state index contributed by atoms with van der Waals surface area (Å²) in [7, 11) is 0. The number of Topliss-reactive ketones (excluding diaryl/α,β-unsaturated/α-hetero) is 1. The van der Waals surface area contributed by atoms with Crippen molar-refractivity contribution in [2.24, 2.45) is 11.8 Å². The molecule has 2 N–H and O–H groups in total. The summed E-state index contributed by atoms with van der Waals surface area (Å²) in [6.07, 6.45) is 6.04. The number of benzene rings is 3. The number of halogens is 2. The van der Waals surface area contributed by atoms with Crippen LogP contribution >= 0.6 is 34.2 Å². The van der Waals surface area contributed by atoms with Crippen LogP contribution in [0.3, 0.4) is 0 Å². The number of nitrogens with one attached hydrogen (secondary N) is 2. The fourth-order valence-corrected chi connectivity index (χ4v) is 10.1. The first kappa shape index (κ1) is 37.6. The Hall–Kier alpha value is -4.32. The molecule has 2 unspecified atom stereocenters. The van der Waals surface area contributed by atoms with Crippen molar-refractivity contribution in [3.05, 3.63) is 93.0 Å². The zero-order valence-corrected chi connectivity index (χ0v) is 33.3. The van der Waals surface area contributed by atoms with Gasteiger partial charge < -0.3 is 10.2 Å². The van der Waals surface area contributed by atoms with E-state index >= 15 is 0 Å². The van der Waals surface area contributed by atoms with Crippen molar-refractivity contribution in [3.63, 3.8) is 0 Å². The fourth-order valence-electron chi connectivity index (χ4n) is 8.89. The van der Waals surface area contributed by atoms with Gasteiger partial charge in [0.1, 0.15) is 12.1 Å². The number of fused-ring (bicyclic) bond motifs is 2. The fraction of sp³-hybridized carbons (Fsp3) is 0.429. The first-order valence-electron chi connectivity index (χ1n) is 19.1. The van der Waals surface area contributed by atoms with E-state index in [1.54, 1.807) is 6.07 Å². The number of nitrogens with zero attached hydrogens (tertiary/aromatic N) is 4. The number of imide groups is 2. The summed E-state index contributed by atoms with van der Waals surface area (Å²) in [5.74, 6) is -0.659. The Bertz CT molecular complexity index is 2060. The smallest absolute Gasteiger partial charge is 0.262 e. The molecule has 2 atom stereocenters. The predicted octanol–water partition coefficient (Wildman–Crippen LogP) is 6.50. The lowest BCUT2D eigenvalue weighted by Gasteiger charge is -2.42. The van der Waals surface area contributed by atoms with Gasteiger partial charge in [-0.1, -0.05) is 34.2 Å². The van der Waals surface area contributed by atoms with E-state index in [0.717, 1.165) is 84.7 Å². The van der Waals surface area contributed by atoms with Crippen molar-refractivity contribution < 1.29 is 24.0 Å². The summed E-state index contributed by atoms with van der Waals surface area (Å²) >= 11 is 8.75. The zero-order chi connectivity index (χ0) is 38.4. The van der Waals surface area contributed by atoms with Crippen LogP contribution in [0.15, 0.2) is 54.6 Å². The van der Waals surface area contributed by atoms with E-state index in [2.05, 4.69) is 61.2 Å². The molecule has 4 heterocycles. The molecule has 4 aliphatic heterocycles. The maximum Gasteiger partial charge on any atom is 0.262 e. The summed E-state index contributed by atoms with van der Waals surface area (Å²) in [5.41, 5.74) is 6.04. The summed E-state index contributed by atoms with van der Waals surface area (Å²) in [6, 6.07) is 18.7. The van der Waals surface area contributed by atoms with Crippen LogP contribution in [0.2, 0.25) is 5.02 Å². The van der Waals surface area contributed by atoms with E-state index in [4.69, 9.17) is 16.9 Å². The Labute approximate surface area is 338 Å². The van der Waals surface area contributed by atoms with Crippen LogP contribution < -0.4 is 15.5 Å². The van der Waals surface area contributed by atoms with Gasteiger partial charge in [-0.05, 0) is 110 Å². The van der Waals surface area contributed by atoms with E-state index in [-0.39, 0.29) is 24.5 Å². The van der Waals surface area contributed by atoms with Crippen LogP contribution in [0.25, 0.3) is 0 Å². The van der Waals surface area contributed by atoms with Gasteiger partial charge >= 0.3 is 0 Å². The third-order valence-corrected chi connectivity index (χ3v) is 13.9. The first-order chi connectivity index (χ1) is 26.5. The predicted molar refractivity (Wildman–Crippen MR) is 216 cm³/mol. The molecule has 3 fully saturated rings. The standard InChI is InChI=1S/C42H42ClIN6O5/c43-35-17-31(8-3-27(35)18-45)46-30-6-1-25(2-7-30)36(44)11-13-38(51)26-4-9-32(10-5-26)49-20-24(21-49)19-48-22-28-15-33-34(16-29(28)23-48)42(55)50(41(33)54)37-12-14-39(52)47-40(37)53/h3-5,8-10,15-17,24-25,30,36-37,46H,1-2,6-7,11-14,19-23H2,(H,47,52,53). The summed E-state index contributed by atoms with van der Waals surface area (Å²) in [4.78, 5) is 69.4. The van der Waals surface area contributed by atoms with Crippen molar-refractivity contribution in [2.45, 2.75) is 80.5 Å². The van der Waals surface area contributed by atoms with Crippen LogP contribution in [0.5, 0.6) is 0 Å². The van der Waals surface area contributed by atoms with Crippen molar-refractivity contribution >= 4 is 75.0 Å². The number of amides is 4. The number of rotatable bonds is 11. The summed E-state index contributed by atoms with van der Waals surface area (Å²) in [6.45, 7) is 4.14. The molecule has 1 aliphatic carbocycles. The molecule has 0 bridgehead atoms. The molecular formula is C42H42ClIN6O5. The minimum Gasteiger partial charge on any atom is -0.382 e. The molecule has 3 aromatic carbocycles. The van der Waals surface area contributed by atoms with Crippen molar-refractivity contribution in [1.82, 2.24) is 15.1 Å². The lowest BCUT2D eigenvalue weighted by Crippen LogP contribution is -2.54. The monoisotopic (exact) mass is 872 g/mol. The van der Waals surface area contributed by atoms with Crippen molar-refractivity contribution in [3.8, 4) is 6.07 Å². The molecule has 55 heavy (non-hydrogen) atoms. The third kappa shape index (κ3) is 7.76. The third-order valence-electron chi connectivity index (χ3n) is 12.0. The van der Waals surface area contributed by atoms with Gasteiger partial charge in [-0.15, -0.1) is 0 Å². The molecule has 0 radical (unpaired) electrons. The van der Waals surface area contributed by atoms with E-state index in [9.17, 15) is 24.0 Å². The highest BCUT2D eigenvalue weighted by atomic mass is 127. The van der Waals surface area contributed by atoms with Gasteiger partial charge in [-0.3, -0.25) is 39.1 Å². The summed E-state index contributed by atoms with van der Waals surface area (Å²) < 4.78 is 0.453. The van der Waals surface area contributed by atoms with E-state index in [1.807, 2.05) is 36.4 Å². The van der Waals surface area contributed by atoms with Gasteiger partial charge in [0, 0.05) is 78.4 Å². The number of piperidine rings is 1. The SMILES string of the molecule is N#Cc1ccc(NC2CCC(C(I)CCC(=O)c3ccc(N4CC(CN5Cc6cc7c(cc6C5)C(=O)N(C5CCC(=O)NC5=O)C7=O)C4)cc3)CC2)cc1Cl. The zero-order valence-electron chi connectivity index (χ0n) is 30.4. The molecule has 8 rings (SSSR count). The van der Waals surface area contributed by atoms with Gasteiger partial charge in [0.15, 0.2) is 5.78 Å². The first-order valence-corrected chi connectivity index (χ1v) is 20.7. The number of alkyl halides is 1. The van der Waals surface area contributed by atoms with Crippen LogP contribution in [0.4, 0.5) is 11.4 Å². The molecule has 11 nitrogen and oxygen atoms in total. The van der Waals surface area contributed by atoms with Crippen LogP contribution in [-0.4, -0.2) is 74.9 Å². The van der Waals surface area contributed by atoms with Gasteiger partial charge in [-0.25, -0.2) is 0 Å². The normalized spacial score (nSPS) is 23.2. The van der Waals surface area contributed by atoms with Crippen LogP contribution in [-0.2, 0) is 22.7 Å². The summed E-state index contributed by atoms with van der Waals surface area (Å²) in [5, 5.41) is 15.4. The highest BCUT2D eigenvalue weighted by Crippen LogP contribution is 2.37. The van der Waals surface area contributed by atoms with Gasteiger partial charge in [0.2, 0.25) is 11.8 Å². The Morgan fingerprint density at radius 1 is 0.927 bits per heavy atom. The number of carbonyl (C=O) groups excluding carboxylic acids is 5. The largest absolute Gasteiger partial charge is 0.382 e. The molecule has 0 spiro atoms. The number of anilines is 2. The number of nitriles is 1. The number of carbonyl (C=O) groups is 5. The van der Waals surface area contributed by atoms with Crippen LogP contribution in [0.1, 0.15) is 99.1 Å². The van der Waals surface area contributed by atoms with Gasteiger partial charge in [0.25, 0.3) is 11.8 Å². The molecular weight excluding hydrogens is 831 g/mol. The van der Waals surface area contributed by atoms with E-state index < -0.39 is 23.8 Å². The number of hydrogen-bond acceptors (Lipinski definition) is 9. The second-order valence-electron chi connectivity index (χ2n) is 15.6. The van der Waals surface area contributed by atoms with E-state index in [0.29, 0.717) is 63.0 Å². The maximum atomic E-state index is 13.3. The molecule has 5 aliphatic rings. The second-order valence-corrected chi connectivity index (χ2v) is 17.6. The van der Waals surface area contributed by atoms with Gasteiger partial charge in [0.05, 0.1) is 21.7 Å². The Morgan fingerprint density at radius 2 is 1.60 bits per heavy atom. The maximum absolute atomic E-state index is 13.3. The Morgan fingerprint density at radius 3 is 2.22 bits per heavy atom. The second kappa shape index (κ2) is 15.7. The molecule has 3 aromatic rings. The lowest BCUT2D eigenvalue weighted by atomic mass is 9.82. The molecule has 4 amide bonds. The van der Waals surface area contributed by atoms with Gasteiger partial charge in [-0.2, -0.15) is 5.26 Å². The lowest BCUT2D eigenvalue weighted by molar-refractivity contribution is -0.136. The Balaban J connectivity index is 0.759. The minimum atomic E-state index is -0.960. The minimum absolute atomic E-state index is 0.0982. The molecule has 2 saturated heterocycles. The topological polar surface area (TPSA) is 143 Å². The average molecular weight is 873 g/mol. The molecule has 1 saturated carbocycles. The quantitative estimate of drug-likeness (QED) is 0.0956. The highest BCUT2D eigenvalue weighted by molar-refractivity contribution is 14.1. The van der Waals surface area contributed by atoms with E-state index in [1.165, 1.54) is 0 Å². The Kier molecular flexibility index (Phi) is 10.7. The number of ketones is 1. The van der Waals surface area contributed by atoms with Crippen LogP contribution in [0, 0.1) is 23.2 Å². The molecule has 0 aromatic heterocycles. The average Bonchev–Trinajstić information content (AvgIpc) is 3.67. The molecule has 284 valence electrons.